The molecular formula is C25H37N3O5. The molecule has 1 aliphatic carbocycles. The molecule has 3 rings (SSSR count). The molecule has 0 aromatic heterocycles. The van der Waals surface area contributed by atoms with Crippen LogP contribution in [0.25, 0.3) is 0 Å². The smallest absolute Gasteiger partial charge is 0.338 e. The first-order valence-corrected chi connectivity index (χ1v) is 11.8. The number of rotatable bonds is 9. The van der Waals surface area contributed by atoms with Gasteiger partial charge in [0.05, 0.1) is 32.4 Å². The molecule has 1 aliphatic heterocycles. The summed E-state index contributed by atoms with van der Waals surface area (Å²) in [6.45, 7) is 4.92. The van der Waals surface area contributed by atoms with E-state index in [1.54, 1.807) is 38.2 Å². The van der Waals surface area contributed by atoms with Crippen LogP contribution in [0.2, 0.25) is 0 Å². The zero-order valence-electron chi connectivity index (χ0n) is 20.5. The Balaban J connectivity index is 2.08. The van der Waals surface area contributed by atoms with Crippen molar-refractivity contribution in [2.75, 3.05) is 41.0 Å². The molecule has 1 saturated carbocycles. The second kappa shape index (κ2) is 11.4. The van der Waals surface area contributed by atoms with Gasteiger partial charge in [0.25, 0.3) is 0 Å². The topological polar surface area (TPSA) is 80.3 Å². The lowest BCUT2D eigenvalue weighted by molar-refractivity contribution is -0.139. The van der Waals surface area contributed by atoms with E-state index in [4.69, 9.17) is 14.2 Å². The first-order valence-electron chi connectivity index (χ1n) is 11.8. The van der Waals surface area contributed by atoms with E-state index in [0.717, 1.165) is 18.4 Å². The first-order chi connectivity index (χ1) is 15.9. The number of hydrogen-bond acceptors (Lipinski definition) is 6. The predicted molar refractivity (Wildman–Crippen MR) is 126 cm³/mol. The van der Waals surface area contributed by atoms with Crippen molar-refractivity contribution < 1.29 is 23.8 Å². The number of nitrogens with one attached hydrogen (secondary N) is 1. The van der Waals surface area contributed by atoms with Crippen molar-refractivity contribution in [3.05, 3.63) is 35.0 Å². The number of ether oxygens (including phenoxy) is 3. The Hall–Kier alpha value is -2.74. The summed E-state index contributed by atoms with van der Waals surface area (Å²) in [5.41, 5.74) is 1.90. The van der Waals surface area contributed by atoms with Gasteiger partial charge in [-0.05, 0) is 51.4 Å². The molecule has 33 heavy (non-hydrogen) atoms. The number of esters is 1. The summed E-state index contributed by atoms with van der Waals surface area (Å²) < 4.78 is 16.3. The minimum absolute atomic E-state index is 0.225. The van der Waals surface area contributed by atoms with E-state index in [-0.39, 0.29) is 12.6 Å². The molecule has 1 aromatic carbocycles. The Kier molecular flexibility index (Phi) is 8.61. The number of carbonyl (C=O) groups excluding carboxylic acids is 2. The molecule has 0 radical (unpaired) electrons. The second-order valence-electron chi connectivity index (χ2n) is 8.53. The molecule has 8 nitrogen and oxygen atoms in total. The molecule has 1 N–H and O–H groups in total. The Morgan fingerprint density at radius 1 is 1.12 bits per heavy atom. The van der Waals surface area contributed by atoms with E-state index >= 15 is 0 Å². The Morgan fingerprint density at radius 2 is 1.82 bits per heavy atom. The molecular weight excluding hydrogens is 422 g/mol. The van der Waals surface area contributed by atoms with Crippen LogP contribution in [0.4, 0.5) is 4.79 Å². The summed E-state index contributed by atoms with van der Waals surface area (Å²) >= 11 is 0. The fraction of sp³-hybridized carbons (Fsp3) is 0.600. The third-order valence-corrected chi connectivity index (χ3v) is 6.59. The van der Waals surface area contributed by atoms with Crippen molar-refractivity contribution in [1.82, 2.24) is 15.1 Å². The van der Waals surface area contributed by atoms with Gasteiger partial charge in [-0.3, -0.25) is 9.80 Å². The van der Waals surface area contributed by atoms with Gasteiger partial charge >= 0.3 is 12.0 Å². The number of methoxy groups -OCH3 is 2. The van der Waals surface area contributed by atoms with Crippen LogP contribution in [0.3, 0.4) is 0 Å². The molecule has 0 bridgehead atoms. The minimum Gasteiger partial charge on any atom is -0.493 e. The number of hydrogen-bond donors (Lipinski definition) is 1. The van der Waals surface area contributed by atoms with Crippen LogP contribution >= 0.6 is 0 Å². The largest absolute Gasteiger partial charge is 0.493 e. The fourth-order valence-corrected chi connectivity index (χ4v) is 4.83. The van der Waals surface area contributed by atoms with Crippen molar-refractivity contribution in [1.29, 1.82) is 0 Å². The number of amides is 2. The molecule has 0 spiro atoms. The average Bonchev–Trinajstić information content (AvgIpc) is 2.84. The Bertz CT molecular complexity index is 879. The highest BCUT2D eigenvalue weighted by Gasteiger charge is 2.38. The SMILES string of the molecule is CCOC(=O)C1=C(CN(C)C2CCCCC2)N(CC)C(=O)NC1c1ccc(OC)c(OC)c1. The van der Waals surface area contributed by atoms with Gasteiger partial charge in [-0.25, -0.2) is 9.59 Å². The van der Waals surface area contributed by atoms with Gasteiger partial charge in [-0.2, -0.15) is 0 Å². The highest BCUT2D eigenvalue weighted by Crippen LogP contribution is 2.36. The number of carbonyl (C=O) groups is 2. The van der Waals surface area contributed by atoms with Gasteiger partial charge in [-0.1, -0.05) is 25.3 Å². The Morgan fingerprint density at radius 3 is 2.42 bits per heavy atom. The maximum Gasteiger partial charge on any atom is 0.338 e. The Labute approximate surface area is 196 Å². The van der Waals surface area contributed by atoms with Crippen LogP contribution in [0.5, 0.6) is 11.5 Å². The minimum atomic E-state index is -0.645. The van der Waals surface area contributed by atoms with Crippen molar-refractivity contribution in [2.45, 2.75) is 58.0 Å². The van der Waals surface area contributed by atoms with Crippen LogP contribution in [-0.2, 0) is 9.53 Å². The molecule has 1 aromatic rings. The molecule has 1 fully saturated rings. The van der Waals surface area contributed by atoms with Gasteiger partial charge in [0.1, 0.15) is 0 Å². The van der Waals surface area contributed by atoms with E-state index in [1.807, 2.05) is 13.0 Å². The van der Waals surface area contributed by atoms with Crippen molar-refractivity contribution in [3.8, 4) is 11.5 Å². The van der Waals surface area contributed by atoms with Crippen LogP contribution in [0, 0.1) is 0 Å². The number of benzene rings is 1. The van der Waals surface area contributed by atoms with Crippen LogP contribution < -0.4 is 14.8 Å². The van der Waals surface area contributed by atoms with Crippen molar-refractivity contribution in [2.24, 2.45) is 0 Å². The van der Waals surface area contributed by atoms with Crippen LogP contribution in [-0.4, -0.2) is 68.8 Å². The molecule has 182 valence electrons. The van der Waals surface area contributed by atoms with Crippen LogP contribution in [0.15, 0.2) is 29.5 Å². The van der Waals surface area contributed by atoms with E-state index < -0.39 is 12.0 Å². The molecule has 0 saturated heterocycles. The average molecular weight is 460 g/mol. The lowest BCUT2D eigenvalue weighted by atomic mass is 9.92. The summed E-state index contributed by atoms with van der Waals surface area (Å²) in [4.78, 5) is 30.3. The lowest BCUT2D eigenvalue weighted by Gasteiger charge is -2.39. The summed E-state index contributed by atoms with van der Waals surface area (Å²) in [5, 5.41) is 3.01. The standard InChI is InChI=1S/C25H37N3O5/c1-6-28-19(16-27(3)18-11-9-8-10-12-18)22(24(29)33-7-2)23(26-25(28)30)17-13-14-20(31-4)21(15-17)32-5/h13-15,18,23H,6-12,16H2,1-5H3,(H,26,30). The zero-order chi connectivity index (χ0) is 24.0. The molecule has 1 heterocycles. The van der Waals surface area contributed by atoms with Crippen molar-refractivity contribution >= 4 is 12.0 Å². The van der Waals surface area contributed by atoms with E-state index in [2.05, 4.69) is 17.3 Å². The van der Waals surface area contributed by atoms with Gasteiger partial charge in [0.15, 0.2) is 11.5 Å². The maximum atomic E-state index is 13.3. The summed E-state index contributed by atoms with van der Waals surface area (Å²) in [7, 11) is 5.21. The van der Waals surface area contributed by atoms with Gasteiger partial charge in [-0.15, -0.1) is 0 Å². The monoisotopic (exact) mass is 459 g/mol. The van der Waals surface area contributed by atoms with Gasteiger partial charge < -0.3 is 19.5 Å². The van der Waals surface area contributed by atoms with E-state index in [9.17, 15) is 9.59 Å². The normalized spacial score (nSPS) is 19.5. The fourth-order valence-electron chi connectivity index (χ4n) is 4.83. The van der Waals surface area contributed by atoms with E-state index in [1.165, 1.54) is 19.3 Å². The summed E-state index contributed by atoms with van der Waals surface area (Å²) in [6.07, 6.45) is 5.97. The van der Waals surface area contributed by atoms with Crippen LogP contribution in [0.1, 0.15) is 57.6 Å². The molecule has 8 heteroatoms. The molecule has 2 amide bonds. The highest BCUT2D eigenvalue weighted by atomic mass is 16.5. The maximum absolute atomic E-state index is 13.3. The van der Waals surface area contributed by atoms with Gasteiger partial charge in [0.2, 0.25) is 0 Å². The van der Waals surface area contributed by atoms with E-state index in [0.29, 0.717) is 41.9 Å². The number of urea groups is 1. The highest BCUT2D eigenvalue weighted by molar-refractivity contribution is 5.95. The van der Waals surface area contributed by atoms with Crippen molar-refractivity contribution in [3.63, 3.8) is 0 Å². The summed E-state index contributed by atoms with van der Waals surface area (Å²) in [6, 6.07) is 5.00. The number of likely N-dealkylation sites (N-methyl/N-ethyl adjacent to an activating group) is 2. The lowest BCUT2D eigenvalue weighted by Crippen LogP contribution is -2.51. The predicted octanol–water partition coefficient (Wildman–Crippen LogP) is 3.87. The quantitative estimate of drug-likeness (QED) is 0.565. The van der Waals surface area contributed by atoms with Gasteiger partial charge in [0, 0.05) is 24.8 Å². The zero-order valence-corrected chi connectivity index (χ0v) is 20.5. The summed E-state index contributed by atoms with van der Waals surface area (Å²) in [5.74, 6) is 0.700. The third kappa shape index (κ3) is 5.43. The second-order valence-corrected chi connectivity index (χ2v) is 8.53. The molecule has 1 atom stereocenters. The molecule has 2 aliphatic rings. The first kappa shape index (κ1) is 24.9. The third-order valence-electron chi connectivity index (χ3n) is 6.59. The molecule has 1 unspecified atom stereocenters. The number of nitrogens with zero attached hydrogens (tertiary/aromatic N) is 2.